The fraction of sp³-hybridized carbons (Fsp3) is 0.438. The first-order valence-corrected chi connectivity index (χ1v) is 9.83. The lowest BCUT2D eigenvalue weighted by atomic mass is 10.0. The molecule has 7 nitrogen and oxygen atoms in total. The molecule has 1 fully saturated rings. The van der Waals surface area contributed by atoms with E-state index in [4.69, 9.17) is 5.14 Å². The van der Waals surface area contributed by atoms with Gasteiger partial charge in [0.2, 0.25) is 10.0 Å². The lowest BCUT2D eigenvalue weighted by Crippen LogP contribution is -2.42. The van der Waals surface area contributed by atoms with Crippen LogP contribution in [0.3, 0.4) is 0 Å². The summed E-state index contributed by atoms with van der Waals surface area (Å²) in [5.41, 5.74) is -0.301. The van der Waals surface area contributed by atoms with Crippen LogP contribution in [0.2, 0.25) is 0 Å². The second kappa shape index (κ2) is 7.04. The smallest absolute Gasteiger partial charge is 0.380 e. The highest BCUT2D eigenvalue weighted by molar-refractivity contribution is 7.89. The van der Waals surface area contributed by atoms with E-state index in [1.54, 1.807) is 17.9 Å². The predicted octanol–water partition coefficient (Wildman–Crippen LogP) is 2.17. The van der Waals surface area contributed by atoms with Crippen molar-refractivity contribution in [2.75, 3.05) is 23.3 Å². The van der Waals surface area contributed by atoms with E-state index in [0.29, 0.717) is 19.0 Å². The normalized spacial score (nSPS) is 18.6. The molecule has 1 aromatic heterocycles. The Morgan fingerprint density at radius 3 is 2.67 bits per heavy atom. The highest BCUT2D eigenvalue weighted by Gasteiger charge is 2.35. The van der Waals surface area contributed by atoms with Crippen LogP contribution in [0.25, 0.3) is 0 Å². The third-order valence-electron chi connectivity index (χ3n) is 4.46. The van der Waals surface area contributed by atoms with Crippen molar-refractivity contribution in [3.05, 3.63) is 36.2 Å². The SMILES string of the molecule is Cn1cc(N2CCCC(Nc3ccc(S(N)(=O)=O)cc3C(F)(F)F)C2)cn1. The van der Waals surface area contributed by atoms with Gasteiger partial charge in [-0.15, -0.1) is 0 Å². The zero-order valence-corrected chi connectivity index (χ0v) is 15.4. The van der Waals surface area contributed by atoms with Crippen LogP contribution < -0.4 is 15.4 Å². The molecule has 148 valence electrons. The van der Waals surface area contributed by atoms with E-state index < -0.39 is 26.7 Å². The highest BCUT2D eigenvalue weighted by atomic mass is 32.2. The third kappa shape index (κ3) is 4.53. The van der Waals surface area contributed by atoms with Crippen LogP contribution in [0.4, 0.5) is 24.5 Å². The summed E-state index contributed by atoms with van der Waals surface area (Å²) in [6.45, 7) is 1.31. The molecular weight excluding hydrogens is 383 g/mol. The van der Waals surface area contributed by atoms with Gasteiger partial charge < -0.3 is 10.2 Å². The third-order valence-corrected chi connectivity index (χ3v) is 5.37. The van der Waals surface area contributed by atoms with Crippen molar-refractivity contribution >= 4 is 21.4 Å². The van der Waals surface area contributed by atoms with Gasteiger partial charge in [-0.2, -0.15) is 18.3 Å². The minimum absolute atomic E-state index is 0.159. The standard InChI is InChI=1S/C16H20F3N5O2S/c1-23-10-12(8-21-23)24-6-2-3-11(9-24)22-15-5-4-13(27(20,25)26)7-14(15)16(17,18)19/h4-5,7-8,10-11,22H,2-3,6,9H2,1H3,(H2,20,25,26). The van der Waals surface area contributed by atoms with Gasteiger partial charge in [0, 0.05) is 38.1 Å². The topological polar surface area (TPSA) is 93.2 Å². The van der Waals surface area contributed by atoms with Crippen LogP contribution in [0, 0.1) is 0 Å². The molecule has 1 atom stereocenters. The molecule has 0 spiro atoms. The number of nitrogens with two attached hydrogens (primary N) is 1. The first-order valence-electron chi connectivity index (χ1n) is 8.28. The van der Waals surface area contributed by atoms with Gasteiger partial charge in [0.1, 0.15) is 0 Å². The van der Waals surface area contributed by atoms with E-state index in [1.165, 1.54) is 0 Å². The van der Waals surface area contributed by atoms with Crippen LogP contribution in [0.1, 0.15) is 18.4 Å². The number of primary sulfonamides is 1. The molecule has 1 aliphatic rings. The number of anilines is 2. The Morgan fingerprint density at radius 2 is 2.07 bits per heavy atom. The molecule has 0 saturated carbocycles. The molecule has 11 heteroatoms. The minimum Gasteiger partial charge on any atom is -0.380 e. The zero-order valence-electron chi connectivity index (χ0n) is 14.6. The number of aryl methyl sites for hydroxylation is 1. The number of benzene rings is 1. The molecule has 27 heavy (non-hydrogen) atoms. The average Bonchev–Trinajstić information content (AvgIpc) is 3.00. The maximum absolute atomic E-state index is 13.4. The average molecular weight is 403 g/mol. The van der Waals surface area contributed by atoms with Crippen molar-refractivity contribution in [3.63, 3.8) is 0 Å². The molecule has 0 radical (unpaired) electrons. The Kier molecular flexibility index (Phi) is 5.08. The molecule has 1 aromatic carbocycles. The first kappa shape index (κ1) is 19.5. The van der Waals surface area contributed by atoms with Gasteiger partial charge in [0.05, 0.1) is 22.3 Å². The van der Waals surface area contributed by atoms with E-state index in [1.807, 2.05) is 6.20 Å². The number of rotatable bonds is 4. The number of halogens is 3. The monoisotopic (exact) mass is 403 g/mol. The number of hydrogen-bond acceptors (Lipinski definition) is 5. The van der Waals surface area contributed by atoms with Crippen molar-refractivity contribution < 1.29 is 21.6 Å². The van der Waals surface area contributed by atoms with Gasteiger partial charge in [0.25, 0.3) is 0 Å². The van der Waals surface area contributed by atoms with E-state index in [0.717, 1.165) is 30.8 Å². The molecule has 1 unspecified atom stereocenters. The van der Waals surface area contributed by atoms with Gasteiger partial charge in [-0.25, -0.2) is 13.6 Å². The Hall–Kier alpha value is -2.27. The summed E-state index contributed by atoms with van der Waals surface area (Å²) in [4.78, 5) is 1.49. The van der Waals surface area contributed by atoms with Gasteiger partial charge in [0.15, 0.2) is 0 Å². The second-order valence-electron chi connectivity index (χ2n) is 6.55. The Balaban J connectivity index is 1.84. The van der Waals surface area contributed by atoms with Gasteiger partial charge >= 0.3 is 6.18 Å². The van der Waals surface area contributed by atoms with E-state index in [-0.39, 0.29) is 11.7 Å². The van der Waals surface area contributed by atoms with Crippen LogP contribution in [-0.4, -0.2) is 37.3 Å². The number of piperidine rings is 1. The number of sulfonamides is 1. The Morgan fingerprint density at radius 1 is 1.33 bits per heavy atom. The minimum atomic E-state index is -4.71. The van der Waals surface area contributed by atoms with Gasteiger partial charge in [-0.1, -0.05) is 0 Å². The summed E-state index contributed by atoms with van der Waals surface area (Å²) >= 11 is 0. The molecule has 2 heterocycles. The summed E-state index contributed by atoms with van der Waals surface area (Å²) in [5.74, 6) is 0. The summed E-state index contributed by atoms with van der Waals surface area (Å²) in [6, 6.07) is 2.54. The fourth-order valence-corrected chi connectivity index (χ4v) is 3.72. The molecule has 1 saturated heterocycles. The number of hydrogen-bond donors (Lipinski definition) is 2. The molecule has 0 aliphatic carbocycles. The maximum Gasteiger partial charge on any atom is 0.418 e. The second-order valence-corrected chi connectivity index (χ2v) is 8.11. The van der Waals surface area contributed by atoms with Gasteiger partial charge in [-0.05, 0) is 31.0 Å². The number of nitrogens with one attached hydrogen (secondary N) is 1. The number of nitrogens with zero attached hydrogens (tertiary/aromatic N) is 3. The summed E-state index contributed by atoms with van der Waals surface area (Å²) in [5, 5.41) is 12.0. The highest BCUT2D eigenvalue weighted by Crippen LogP contribution is 2.37. The Labute approximate surface area is 155 Å². The lowest BCUT2D eigenvalue weighted by Gasteiger charge is -2.34. The summed E-state index contributed by atoms with van der Waals surface area (Å²) in [7, 11) is -2.43. The molecule has 0 amide bonds. The lowest BCUT2D eigenvalue weighted by molar-refractivity contribution is -0.137. The van der Waals surface area contributed by atoms with Crippen molar-refractivity contribution in [2.24, 2.45) is 12.2 Å². The van der Waals surface area contributed by atoms with Crippen LogP contribution in [0.5, 0.6) is 0 Å². The van der Waals surface area contributed by atoms with Crippen molar-refractivity contribution in [2.45, 2.75) is 30.0 Å². The maximum atomic E-state index is 13.4. The summed E-state index contributed by atoms with van der Waals surface area (Å²) < 4.78 is 64.7. The van der Waals surface area contributed by atoms with Crippen molar-refractivity contribution in [1.82, 2.24) is 9.78 Å². The summed E-state index contributed by atoms with van der Waals surface area (Å²) in [6.07, 6.45) is 0.365. The molecule has 3 N–H and O–H groups in total. The number of aromatic nitrogens is 2. The largest absolute Gasteiger partial charge is 0.418 e. The predicted molar refractivity (Wildman–Crippen MR) is 94.9 cm³/mol. The van der Waals surface area contributed by atoms with Crippen molar-refractivity contribution in [3.8, 4) is 0 Å². The van der Waals surface area contributed by atoms with Gasteiger partial charge in [-0.3, -0.25) is 4.68 Å². The first-order chi connectivity index (χ1) is 12.5. The van der Waals surface area contributed by atoms with E-state index in [9.17, 15) is 21.6 Å². The van der Waals surface area contributed by atoms with Crippen LogP contribution in [-0.2, 0) is 23.2 Å². The zero-order chi connectivity index (χ0) is 19.8. The van der Waals surface area contributed by atoms with E-state index >= 15 is 0 Å². The molecule has 3 rings (SSSR count). The number of alkyl halides is 3. The van der Waals surface area contributed by atoms with Crippen molar-refractivity contribution in [1.29, 1.82) is 0 Å². The molecule has 0 bridgehead atoms. The Bertz CT molecular complexity index is 926. The fourth-order valence-electron chi connectivity index (χ4n) is 3.18. The van der Waals surface area contributed by atoms with E-state index in [2.05, 4.69) is 15.3 Å². The molecule has 1 aliphatic heterocycles. The molecular formula is C16H20F3N5O2S. The molecule has 2 aromatic rings. The van der Waals surface area contributed by atoms with Crippen LogP contribution in [0.15, 0.2) is 35.5 Å². The van der Waals surface area contributed by atoms with Crippen LogP contribution >= 0.6 is 0 Å². The quantitative estimate of drug-likeness (QED) is 0.816.